The fraction of sp³-hybridized carbons (Fsp3) is 0.158. The van der Waals surface area contributed by atoms with Crippen LogP contribution in [0.25, 0.3) is 11.0 Å². The van der Waals surface area contributed by atoms with E-state index >= 15 is 0 Å². The Morgan fingerprint density at radius 3 is 2.52 bits per heavy atom. The zero-order valence-corrected chi connectivity index (χ0v) is 13.3. The van der Waals surface area contributed by atoms with Gasteiger partial charge in [-0.25, -0.2) is 9.59 Å². The number of ether oxygens (including phenoxy) is 1. The Morgan fingerprint density at radius 1 is 1.08 bits per heavy atom. The molecule has 0 bridgehead atoms. The molecule has 6 nitrogen and oxygen atoms in total. The van der Waals surface area contributed by atoms with E-state index in [4.69, 9.17) is 9.15 Å². The Balaban J connectivity index is 1.60. The number of carboxylic acids is 1. The second-order valence-corrected chi connectivity index (χ2v) is 5.55. The lowest BCUT2D eigenvalue weighted by Gasteiger charge is -2.13. The van der Waals surface area contributed by atoms with E-state index in [2.05, 4.69) is 5.32 Å². The molecule has 0 fully saturated rings. The minimum Gasteiger partial charge on any atom is -0.480 e. The molecule has 2 N–H and O–H groups in total. The number of carbonyl (C=O) groups excluding carboxylic acids is 1. The fourth-order valence-electron chi connectivity index (χ4n) is 2.45. The topological polar surface area (TPSA) is 88.8 Å². The van der Waals surface area contributed by atoms with E-state index in [1.165, 1.54) is 0 Å². The lowest BCUT2D eigenvalue weighted by atomic mass is 10.1. The summed E-state index contributed by atoms with van der Waals surface area (Å²) < 4.78 is 10.7. The summed E-state index contributed by atoms with van der Waals surface area (Å²) in [7, 11) is 0. The SMILES string of the molecule is O=C(NC(Cc1cc2ccccc2o1)C(=O)O)OCc1ccccc1. The van der Waals surface area contributed by atoms with E-state index in [-0.39, 0.29) is 13.0 Å². The summed E-state index contributed by atoms with van der Waals surface area (Å²) in [5.74, 6) is -0.672. The van der Waals surface area contributed by atoms with Gasteiger partial charge in [0.15, 0.2) is 0 Å². The molecule has 1 heterocycles. The zero-order valence-electron chi connectivity index (χ0n) is 13.3. The fourth-order valence-corrected chi connectivity index (χ4v) is 2.45. The third-order valence-electron chi connectivity index (χ3n) is 3.68. The van der Waals surface area contributed by atoms with Gasteiger partial charge < -0.3 is 19.6 Å². The van der Waals surface area contributed by atoms with E-state index in [1.54, 1.807) is 12.1 Å². The molecule has 1 atom stereocenters. The van der Waals surface area contributed by atoms with Crippen LogP contribution in [-0.4, -0.2) is 23.2 Å². The van der Waals surface area contributed by atoms with Gasteiger partial charge in [0.25, 0.3) is 0 Å². The summed E-state index contributed by atoms with van der Waals surface area (Å²) in [5.41, 5.74) is 1.50. The second-order valence-electron chi connectivity index (χ2n) is 5.55. The molecule has 3 aromatic rings. The summed E-state index contributed by atoms with van der Waals surface area (Å²) in [6.07, 6.45) is -0.753. The van der Waals surface area contributed by atoms with Crippen LogP contribution in [0.5, 0.6) is 0 Å². The van der Waals surface area contributed by atoms with E-state index in [0.29, 0.717) is 11.3 Å². The molecular formula is C19H17NO5. The van der Waals surface area contributed by atoms with E-state index < -0.39 is 18.1 Å². The molecular weight excluding hydrogens is 322 g/mol. The lowest BCUT2D eigenvalue weighted by Crippen LogP contribution is -2.42. The quantitative estimate of drug-likeness (QED) is 0.719. The van der Waals surface area contributed by atoms with Gasteiger partial charge in [0, 0.05) is 11.8 Å². The van der Waals surface area contributed by atoms with Gasteiger partial charge in [-0.1, -0.05) is 48.5 Å². The zero-order chi connectivity index (χ0) is 17.6. The van der Waals surface area contributed by atoms with Crippen molar-refractivity contribution in [2.75, 3.05) is 0 Å². The van der Waals surface area contributed by atoms with Gasteiger partial charge in [0.2, 0.25) is 0 Å². The first-order valence-electron chi connectivity index (χ1n) is 7.79. The van der Waals surface area contributed by atoms with Crippen LogP contribution in [0.2, 0.25) is 0 Å². The first-order valence-corrected chi connectivity index (χ1v) is 7.79. The normalized spacial score (nSPS) is 11.8. The maximum absolute atomic E-state index is 11.9. The molecule has 0 radical (unpaired) electrons. The van der Waals surface area contributed by atoms with Crippen molar-refractivity contribution in [3.63, 3.8) is 0 Å². The van der Waals surface area contributed by atoms with Crippen molar-refractivity contribution in [3.8, 4) is 0 Å². The summed E-state index contributed by atoms with van der Waals surface area (Å²) in [6, 6.07) is 17.2. The third kappa shape index (κ3) is 4.38. The third-order valence-corrected chi connectivity index (χ3v) is 3.68. The average molecular weight is 339 g/mol. The van der Waals surface area contributed by atoms with Gasteiger partial charge in [0.05, 0.1) is 0 Å². The highest BCUT2D eigenvalue weighted by molar-refractivity contribution is 5.81. The first kappa shape index (κ1) is 16.6. The smallest absolute Gasteiger partial charge is 0.408 e. The Morgan fingerprint density at radius 2 is 1.80 bits per heavy atom. The molecule has 1 unspecified atom stereocenters. The highest BCUT2D eigenvalue weighted by Crippen LogP contribution is 2.20. The van der Waals surface area contributed by atoms with Gasteiger partial charge >= 0.3 is 12.1 Å². The Bertz CT molecular complexity index is 839. The number of amides is 1. The van der Waals surface area contributed by atoms with E-state index in [9.17, 15) is 14.7 Å². The van der Waals surface area contributed by atoms with Gasteiger partial charge in [-0.3, -0.25) is 0 Å². The molecule has 0 saturated carbocycles. The second kappa shape index (κ2) is 7.53. The van der Waals surface area contributed by atoms with Crippen molar-refractivity contribution in [1.29, 1.82) is 0 Å². The van der Waals surface area contributed by atoms with Crippen molar-refractivity contribution < 1.29 is 23.8 Å². The summed E-state index contributed by atoms with van der Waals surface area (Å²) >= 11 is 0. The lowest BCUT2D eigenvalue weighted by molar-refractivity contribution is -0.139. The van der Waals surface area contributed by atoms with Crippen molar-refractivity contribution in [2.24, 2.45) is 0 Å². The van der Waals surface area contributed by atoms with Crippen LogP contribution in [0.15, 0.2) is 65.1 Å². The summed E-state index contributed by atoms with van der Waals surface area (Å²) in [5, 5.41) is 12.6. The average Bonchev–Trinajstić information content (AvgIpc) is 3.02. The van der Waals surface area contributed by atoms with Gasteiger partial charge in [-0.2, -0.15) is 0 Å². The minimum atomic E-state index is -1.16. The van der Waals surface area contributed by atoms with Crippen LogP contribution in [0, 0.1) is 0 Å². The van der Waals surface area contributed by atoms with Crippen molar-refractivity contribution in [3.05, 3.63) is 72.0 Å². The van der Waals surface area contributed by atoms with Gasteiger partial charge in [-0.15, -0.1) is 0 Å². The standard InChI is InChI=1S/C19H17NO5/c21-18(22)16(11-15-10-14-8-4-5-9-17(14)25-15)20-19(23)24-12-13-6-2-1-3-7-13/h1-10,16H,11-12H2,(H,20,23)(H,21,22). The summed E-state index contributed by atoms with van der Waals surface area (Å²) in [4.78, 5) is 23.3. The molecule has 128 valence electrons. The maximum Gasteiger partial charge on any atom is 0.408 e. The van der Waals surface area contributed by atoms with Gasteiger partial charge in [0.1, 0.15) is 24.0 Å². The van der Waals surface area contributed by atoms with Crippen molar-refractivity contribution >= 4 is 23.0 Å². The monoisotopic (exact) mass is 339 g/mol. The molecule has 0 spiro atoms. The molecule has 2 aromatic carbocycles. The van der Waals surface area contributed by atoms with Gasteiger partial charge in [-0.05, 0) is 17.7 Å². The molecule has 3 rings (SSSR count). The molecule has 1 aromatic heterocycles. The molecule has 0 aliphatic carbocycles. The minimum absolute atomic E-state index is 0.0322. The number of carbonyl (C=O) groups is 2. The number of hydrogen-bond acceptors (Lipinski definition) is 4. The van der Waals surface area contributed by atoms with Crippen LogP contribution >= 0.6 is 0 Å². The number of fused-ring (bicyclic) bond motifs is 1. The number of carboxylic acid groups (broad SMARTS) is 1. The molecule has 1 amide bonds. The van der Waals surface area contributed by atoms with Crippen molar-refractivity contribution in [2.45, 2.75) is 19.1 Å². The maximum atomic E-state index is 11.9. The summed E-state index contributed by atoms with van der Waals surface area (Å²) in [6.45, 7) is 0.0731. The number of furan rings is 1. The van der Waals surface area contributed by atoms with Crippen LogP contribution in [0.1, 0.15) is 11.3 Å². The number of alkyl carbamates (subject to hydrolysis) is 1. The highest BCUT2D eigenvalue weighted by atomic mass is 16.5. The van der Waals surface area contributed by atoms with Crippen LogP contribution < -0.4 is 5.32 Å². The number of para-hydroxylation sites is 1. The Hall–Kier alpha value is -3.28. The number of benzene rings is 2. The molecule has 0 aliphatic rings. The number of rotatable bonds is 6. The van der Waals surface area contributed by atoms with Crippen LogP contribution in [0.3, 0.4) is 0 Å². The largest absolute Gasteiger partial charge is 0.480 e. The highest BCUT2D eigenvalue weighted by Gasteiger charge is 2.23. The van der Waals surface area contributed by atoms with E-state index in [0.717, 1.165) is 10.9 Å². The Kier molecular flexibility index (Phi) is 4.99. The molecule has 25 heavy (non-hydrogen) atoms. The number of hydrogen-bond donors (Lipinski definition) is 2. The first-order chi connectivity index (χ1) is 12.1. The molecule has 0 aliphatic heterocycles. The predicted molar refractivity (Wildman–Crippen MR) is 91.1 cm³/mol. The van der Waals surface area contributed by atoms with Crippen LogP contribution in [-0.2, 0) is 22.6 Å². The number of aliphatic carboxylic acids is 1. The van der Waals surface area contributed by atoms with Crippen molar-refractivity contribution in [1.82, 2.24) is 5.32 Å². The number of nitrogens with one attached hydrogen (secondary N) is 1. The van der Waals surface area contributed by atoms with Crippen LogP contribution in [0.4, 0.5) is 4.79 Å². The predicted octanol–water partition coefficient (Wildman–Crippen LogP) is 3.35. The molecule has 6 heteroatoms. The molecule has 0 saturated heterocycles. The van der Waals surface area contributed by atoms with E-state index in [1.807, 2.05) is 48.5 Å². The Labute approximate surface area is 144 Å².